The standard InChI is InChI=1S/C16H19BrN6O6/c1-10(29-16(24)27-8-9-28-23(25)26)22-7-6-20-15(22)21-11-2-3-12-14(13(11)17)19-5-4-18-12/h2-5,10,25-26H,6-9H2,1H3,(H,20,21). The Kier molecular flexibility index (Phi) is 7.11. The van der Waals surface area contributed by atoms with E-state index < -0.39 is 17.8 Å². The topological polar surface area (TPSA) is 142 Å². The summed E-state index contributed by atoms with van der Waals surface area (Å²) in [5.74, 6) is 0.536. The number of ether oxygens (including phenoxy) is 2. The average Bonchev–Trinajstić information content (AvgIpc) is 3.16. The number of carbonyl (C=O) groups is 1. The van der Waals surface area contributed by atoms with Gasteiger partial charge in [0.15, 0.2) is 6.23 Å². The molecule has 3 rings (SSSR count). The van der Waals surface area contributed by atoms with E-state index in [-0.39, 0.29) is 13.2 Å². The van der Waals surface area contributed by atoms with Crippen LogP contribution in [-0.4, -0.2) is 75.3 Å². The Bertz CT molecular complexity index is 897. The minimum absolute atomic E-state index is 0.215. The Hall–Kier alpha value is -2.58. The van der Waals surface area contributed by atoms with Crippen molar-refractivity contribution in [1.29, 1.82) is 0 Å². The summed E-state index contributed by atoms with van der Waals surface area (Å²) >= 11 is 3.54. The quantitative estimate of drug-likeness (QED) is 0.310. The van der Waals surface area contributed by atoms with E-state index in [1.807, 2.05) is 12.1 Å². The van der Waals surface area contributed by atoms with Gasteiger partial charge < -0.3 is 19.7 Å². The van der Waals surface area contributed by atoms with Crippen LogP contribution in [-0.2, 0) is 14.3 Å². The first-order valence-electron chi connectivity index (χ1n) is 8.57. The molecule has 1 aromatic carbocycles. The van der Waals surface area contributed by atoms with Crippen LogP contribution in [0.1, 0.15) is 6.92 Å². The molecule has 0 amide bonds. The fourth-order valence-corrected chi connectivity index (χ4v) is 3.16. The molecule has 1 unspecified atom stereocenters. The summed E-state index contributed by atoms with van der Waals surface area (Å²) in [6.45, 7) is 2.31. The van der Waals surface area contributed by atoms with Crippen molar-refractivity contribution in [2.45, 2.75) is 13.2 Å². The lowest BCUT2D eigenvalue weighted by Crippen LogP contribution is -2.42. The van der Waals surface area contributed by atoms with Crippen LogP contribution in [0.4, 0.5) is 10.5 Å². The summed E-state index contributed by atoms with van der Waals surface area (Å²) in [5, 5.41) is 19.5. The first kappa shape index (κ1) is 21.1. The summed E-state index contributed by atoms with van der Waals surface area (Å²) < 4.78 is 10.8. The third kappa shape index (κ3) is 5.48. The zero-order valence-electron chi connectivity index (χ0n) is 15.4. The van der Waals surface area contributed by atoms with Gasteiger partial charge in [0.05, 0.1) is 27.6 Å². The normalized spacial score (nSPS) is 14.8. The molecular weight excluding hydrogens is 452 g/mol. The van der Waals surface area contributed by atoms with Crippen LogP contribution in [0.5, 0.6) is 0 Å². The molecule has 0 radical (unpaired) electrons. The molecular formula is C16H19BrN6O6. The highest BCUT2D eigenvalue weighted by atomic mass is 79.9. The summed E-state index contributed by atoms with van der Waals surface area (Å²) in [7, 11) is 0. The minimum Gasteiger partial charge on any atom is -0.432 e. The van der Waals surface area contributed by atoms with Gasteiger partial charge in [-0.2, -0.15) is 0 Å². The van der Waals surface area contributed by atoms with E-state index in [1.54, 1.807) is 24.2 Å². The monoisotopic (exact) mass is 470 g/mol. The van der Waals surface area contributed by atoms with Gasteiger partial charge in [0.25, 0.3) is 0 Å². The van der Waals surface area contributed by atoms with Gasteiger partial charge in [0.1, 0.15) is 18.7 Å². The fraction of sp³-hybridized carbons (Fsp3) is 0.375. The van der Waals surface area contributed by atoms with Gasteiger partial charge >= 0.3 is 6.16 Å². The Morgan fingerprint density at radius 3 is 2.93 bits per heavy atom. The number of benzene rings is 1. The first-order chi connectivity index (χ1) is 14.0. The minimum atomic E-state index is -0.920. The van der Waals surface area contributed by atoms with Gasteiger partial charge in [-0.05, 0) is 35.0 Å². The molecule has 1 aliphatic heterocycles. The molecule has 1 aliphatic rings. The zero-order valence-corrected chi connectivity index (χ0v) is 16.9. The third-order valence-electron chi connectivity index (χ3n) is 3.92. The van der Waals surface area contributed by atoms with E-state index in [2.05, 4.69) is 41.0 Å². The van der Waals surface area contributed by atoms with Crippen LogP contribution in [0, 0.1) is 0 Å². The number of nitrogens with one attached hydrogen (secondary N) is 1. The van der Waals surface area contributed by atoms with Gasteiger partial charge in [-0.15, -0.1) is 0 Å². The molecule has 12 nitrogen and oxygen atoms in total. The van der Waals surface area contributed by atoms with E-state index in [1.165, 1.54) is 0 Å². The molecule has 13 heteroatoms. The van der Waals surface area contributed by atoms with E-state index in [0.717, 1.165) is 15.7 Å². The highest BCUT2D eigenvalue weighted by molar-refractivity contribution is 9.10. The molecule has 156 valence electrons. The molecule has 1 aromatic heterocycles. The maximum Gasteiger partial charge on any atom is 0.510 e. The number of rotatable bonds is 7. The largest absolute Gasteiger partial charge is 0.510 e. The van der Waals surface area contributed by atoms with Crippen molar-refractivity contribution < 1.29 is 29.5 Å². The number of hydrogen-bond acceptors (Lipinski definition) is 12. The number of halogens is 1. The van der Waals surface area contributed by atoms with Gasteiger partial charge in [-0.3, -0.25) is 25.4 Å². The Labute approximate surface area is 173 Å². The first-order valence-corrected chi connectivity index (χ1v) is 9.36. The highest BCUT2D eigenvalue weighted by Gasteiger charge is 2.26. The van der Waals surface area contributed by atoms with Crippen LogP contribution in [0.2, 0.25) is 0 Å². The van der Waals surface area contributed by atoms with Crippen molar-refractivity contribution in [3.05, 3.63) is 29.0 Å². The van der Waals surface area contributed by atoms with E-state index in [4.69, 9.17) is 19.9 Å². The fourth-order valence-electron chi connectivity index (χ4n) is 2.63. The molecule has 0 spiro atoms. The third-order valence-corrected chi connectivity index (χ3v) is 4.72. The molecule has 3 N–H and O–H groups in total. The molecule has 0 saturated carbocycles. The van der Waals surface area contributed by atoms with E-state index in [9.17, 15) is 4.79 Å². The van der Waals surface area contributed by atoms with Crippen LogP contribution in [0.25, 0.3) is 11.0 Å². The molecule has 0 fully saturated rings. The van der Waals surface area contributed by atoms with Crippen LogP contribution in [0.3, 0.4) is 0 Å². The number of guanidine groups is 1. The summed E-state index contributed by atoms with van der Waals surface area (Å²) in [6, 6.07) is 3.69. The van der Waals surface area contributed by atoms with Crippen molar-refractivity contribution in [3.63, 3.8) is 0 Å². The second-order valence-corrected chi connectivity index (χ2v) is 6.57. The molecule has 1 atom stereocenters. The number of aromatic nitrogens is 2. The number of aliphatic imine (C=N–C) groups is 1. The lowest BCUT2D eigenvalue weighted by atomic mass is 10.2. The van der Waals surface area contributed by atoms with Crippen molar-refractivity contribution in [3.8, 4) is 0 Å². The summed E-state index contributed by atoms with van der Waals surface area (Å²) in [5.41, 5.74) is 2.21. The number of nitrogens with zero attached hydrogens (tertiary/aromatic N) is 5. The van der Waals surface area contributed by atoms with Crippen molar-refractivity contribution in [2.24, 2.45) is 4.99 Å². The summed E-state index contributed by atoms with van der Waals surface area (Å²) in [4.78, 5) is 30.8. The smallest absolute Gasteiger partial charge is 0.432 e. The molecule has 2 aromatic rings. The Morgan fingerprint density at radius 2 is 2.14 bits per heavy atom. The molecule has 2 heterocycles. The van der Waals surface area contributed by atoms with Crippen LogP contribution >= 0.6 is 15.9 Å². The maximum absolute atomic E-state index is 11.8. The number of anilines is 1. The summed E-state index contributed by atoms with van der Waals surface area (Å²) in [6.07, 6.45) is 1.67. The maximum atomic E-state index is 11.8. The highest BCUT2D eigenvalue weighted by Crippen LogP contribution is 2.29. The van der Waals surface area contributed by atoms with Crippen molar-refractivity contribution in [1.82, 2.24) is 20.3 Å². The van der Waals surface area contributed by atoms with Gasteiger partial charge in [-0.25, -0.2) is 9.63 Å². The number of hydrogen-bond donors (Lipinski definition) is 3. The Balaban J connectivity index is 1.58. The average molecular weight is 471 g/mol. The Morgan fingerprint density at radius 1 is 1.34 bits per heavy atom. The molecule has 29 heavy (non-hydrogen) atoms. The lowest BCUT2D eigenvalue weighted by molar-refractivity contribution is -0.493. The van der Waals surface area contributed by atoms with Gasteiger partial charge in [0, 0.05) is 18.9 Å². The zero-order chi connectivity index (χ0) is 20.8. The van der Waals surface area contributed by atoms with E-state index >= 15 is 0 Å². The SMILES string of the molecule is CC(OC(=O)OCCON(O)O)N1CCN=C1Nc1ccc2nccnc2c1Br. The predicted octanol–water partition coefficient (Wildman–Crippen LogP) is 1.99. The molecule has 0 aliphatic carbocycles. The van der Waals surface area contributed by atoms with Gasteiger partial charge in [-0.1, -0.05) is 0 Å². The second-order valence-electron chi connectivity index (χ2n) is 5.78. The number of fused-ring (bicyclic) bond motifs is 1. The predicted molar refractivity (Wildman–Crippen MR) is 103 cm³/mol. The second kappa shape index (κ2) is 9.76. The van der Waals surface area contributed by atoms with E-state index in [0.29, 0.717) is 24.6 Å². The van der Waals surface area contributed by atoms with Crippen molar-refractivity contribution >= 4 is 44.8 Å². The molecule has 0 saturated heterocycles. The van der Waals surface area contributed by atoms with Crippen molar-refractivity contribution in [2.75, 3.05) is 31.6 Å². The van der Waals surface area contributed by atoms with Gasteiger partial charge in [0.2, 0.25) is 5.96 Å². The lowest BCUT2D eigenvalue weighted by Gasteiger charge is -2.27. The molecule has 0 bridgehead atoms. The van der Waals surface area contributed by atoms with Crippen LogP contribution < -0.4 is 5.32 Å². The number of carbonyl (C=O) groups excluding carboxylic acids is 1. The van der Waals surface area contributed by atoms with Crippen LogP contribution in [0.15, 0.2) is 34.0 Å².